The topological polar surface area (TPSA) is 69.7 Å². The van der Waals surface area contributed by atoms with E-state index in [1.165, 1.54) is 10.6 Å². The van der Waals surface area contributed by atoms with Crippen LogP contribution in [0.25, 0.3) is 0 Å². The number of likely N-dealkylation sites (tertiary alicyclic amines) is 1. The number of aryl methyl sites for hydroxylation is 2. The maximum absolute atomic E-state index is 12.2. The Bertz CT molecular complexity index is 705. The van der Waals surface area contributed by atoms with Gasteiger partial charge in [0.2, 0.25) is 15.9 Å². The van der Waals surface area contributed by atoms with Crippen LogP contribution in [-0.4, -0.2) is 58.2 Å². The van der Waals surface area contributed by atoms with Crippen LogP contribution in [0.15, 0.2) is 18.2 Å². The molecule has 1 saturated heterocycles. The molecule has 0 aliphatic carbocycles. The fourth-order valence-corrected chi connectivity index (χ4v) is 4.37. The first-order chi connectivity index (χ1) is 12.1. The number of amides is 1. The molecule has 0 atom stereocenters. The van der Waals surface area contributed by atoms with Crippen LogP contribution >= 0.6 is 0 Å². The zero-order chi connectivity index (χ0) is 19.3. The number of hydrogen-bond donors (Lipinski definition) is 1. The molecule has 0 saturated carbocycles. The van der Waals surface area contributed by atoms with Crippen molar-refractivity contribution in [1.29, 1.82) is 0 Å². The van der Waals surface area contributed by atoms with Gasteiger partial charge in [0.05, 0.1) is 11.9 Å². The summed E-state index contributed by atoms with van der Waals surface area (Å²) in [4.78, 5) is 14.4. The van der Waals surface area contributed by atoms with Gasteiger partial charge < -0.3 is 10.2 Å². The SMILES string of the molecule is Cc1cc(C)cc(N(CCCC(=O)NC2CCN(C)CC2)S(C)(=O)=O)c1. The zero-order valence-corrected chi connectivity index (χ0v) is 17.1. The third-order valence-corrected chi connectivity index (χ3v) is 5.94. The van der Waals surface area contributed by atoms with Gasteiger partial charge in [-0.2, -0.15) is 0 Å². The van der Waals surface area contributed by atoms with Crippen molar-refractivity contribution in [3.05, 3.63) is 29.3 Å². The Balaban J connectivity index is 1.90. The van der Waals surface area contributed by atoms with E-state index in [1.807, 2.05) is 32.0 Å². The second-order valence-electron chi connectivity index (χ2n) is 7.43. The van der Waals surface area contributed by atoms with Crippen LogP contribution in [-0.2, 0) is 14.8 Å². The summed E-state index contributed by atoms with van der Waals surface area (Å²) in [5, 5.41) is 3.08. The first-order valence-corrected chi connectivity index (χ1v) is 11.0. The minimum atomic E-state index is -3.39. The number of sulfonamides is 1. The Morgan fingerprint density at radius 1 is 1.19 bits per heavy atom. The summed E-state index contributed by atoms with van der Waals surface area (Å²) in [5.74, 6) is 0.00780. The Hall–Kier alpha value is -1.60. The fraction of sp³-hybridized carbons (Fsp3) is 0.632. The van der Waals surface area contributed by atoms with E-state index >= 15 is 0 Å². The van der Waals surface area contributed by atoms with Crippen LogP contribution in [0.2, 0.25) is 0 Å². The van der Waals surface area contributed by atoms with E-state index in [9.17, 15) is 13.2 Å². The summed E-state index contributed by atoms with van der Waals surface area (Å²) in [6, 6.07) is 5.99. The molecule has 0 spiro atoms. The van der Waals surface area contributed by atoms with Crippen LogP contribution < -0.4 is 9.62 Å². The largest absolute Gasteiger partial charge is 0.353 e. The lowest BCUT2D eigenvalue weighted by Crippen LogP contribution is -2.43. The second kappa shape index (κ2) is 8.86. The van der Waals surface area contributed by atoms with Crippen molar-refractivity contribution in [1.82, 2.24) is 10.2 Å². The predicted molar refractivity (Wildman–Crippen MR) is 106 cm³/mol. The minimum absolute atomic E-state index is 0.00780. The van der Waals surface area contributed by atoms with Gasteiger partial charge in [-0.1, -0.05) is 6.07 Å². The molecular weight excluding hydrogens is 350 g/mol. The number of nitrogens with zero attached hydrogens (tertiary/aromatic N) is 2. The monoisotopic (exact) mass is 381 g/mol. The number of anilines is 1. The van der Waals surface area contributed by atoms with Gasteiger partial charge in [-0.3, -0.25) is 9.10 Å². The molecule has 1 heterocycles. The number of nitrogens with one attached hydrogen (secondary N) is 1. The Morgan fingerprint density at radius 3 is 2.31 bits per heavy atom. The molecule has 0 radical (unpaired) electrons. The van der Waals surface area contributed by atoms with Crippen molar-refractivity contribution in [2.24, 2.45) is 0 Å². The molecule has 1 aromatic carbocycles. The maximum Gasteiger partial charge on any atom is 0.232 e. The summed E-state index contributed by atoms with van der Waals surface area (Å²) < 4.78 is 25.8. The highest BCUT2D eigenvalue weighted by atomic mass is 32.2. The normalized spacial score (nSPS) is 16.5. The van der Waals surface area contributed by atoms with E-state index in [-0.39, 0.29) is 11.9 Å². The van der Waals surface area contributed by atoms with Crippen molar-refractivity contribution in [2.45, 2.75) is 45.6 Å². The predicted octanol–water partition coefficient (Wildman–Crippen LogP) is 2.06. The molecule has 1 aliphatic rings. The van der Waals surface area contributed by atoms with Gasteiger partial charge in [-0.15, -0.1) is 0 Å². The number of carbonyl (C=O) groups is 1. The number of hydrogen-bond acceptors (Lipinski definition) is 4. The van der Waals surface area contributed by atoms with Gasteiger partial charge in [-0.25, -0.2) is 8.42 Å². The van der Waals surface area contributed by atoms with Gasteiger partial charge in [-0.05, 0) is 76.5 Å². The molecule has 1 N–H and O–H groups in total. The van der Waals surface area contributed by atoms with Crippen LogP contribution in [0.5, 0.6) is 0 Å². The molecular formula is C19H31N3O3S. The van der Waals surface area contributed by atoms with Crippen LogP contribution in [0.1, 0.15) is 36.8 Å². The van der Waals surface area contributed by atoms with Gasteiger partial charge in [0.1, 0.15) is 0 Å². The number of benzene rings is 1. The zero-order valence-electron chi connectivity index (χ0n) is 16.3. The van der Waals surface area contributed by atoms with Crippen LogP contribution in [0.3, 0.4) is 0 Å². The Morgan fingerprint density at radius 2 is 1.77 bits per heavy atom. The summed E-state index contributed by atoms with van der Waals surface area (Å²) in [7, 11) is -1.30. The van der Waals surface area contributed by atoms with Crippen LogP contribution in [0.4, 0.5) is 5.69 Å². The lowest BCUT2D eigenvalue weighted by Gasteiger charge is -2.29. The van der Waals surface area contributed by atoms with E-state index in [2.05, 4.69) is 17.3 Å². The molecule has 6 nitrogen and oxygen atoms in total. The van der Waals surface area contributed by atoms with E-state index in [1.54, 1.807) is 0 Å². The summed E-state index contributed by atoms with van der Waals surface area (Å²) >= 11 is 0. The molecule has 7 heteroatoms. The minimum Gasteiger partial charge on any atom is -0.353 e. The highest BCUT2D eigenvalue weighted by Gasteiger charge is 2.20. The van der Waals surface area contributed by atoms with Gasteiger partial charge in [0.25, 0.3) is 0 Å². The highest BCUT2D eigenvalue weighted by molar-refractivity contribution is 7.92. The lowest BCUT2D eigenvalue weighted by molar-refractivity contribution is -0.122. The summed E-state index contributed by atoms with van der Waals surface area (Å²) in [6.45, 7) is 6.21. The molecule has 146 valence electrons. The molecule has 1 amide bonds. The van der Waals surface area contributed by atoms with Gasteiger partial charge >= 0.3 is 0 Å². The Kier molecular flexibility index (Phi) is 7.06. The Labute approximate surface area is 157 Å². The molecule has 2 rings (SSSR count). The molecule has 0 bridgehead atoms. The first kappa shape index (κ1) is 20.7. The smallest absolute Gasteiger partial charge is 0.232 e. The quantitative estimate of drug-likeness (QED) is 0.785. The second-order valence-corrected chi connectivity index (χ2v) is 9.34. The number of rotatable bonds is 7. The van der Waals surface area contributed by atoms with Crippen molar-refractivity contribution in [3.8, 4) is 0 Å². The first-order valence-electron chi connectivity index (χ1n) is 9.19. The third kappa shape index (κ3) is 6.29. The molecule has 1 aliphatic heterocycles. The molecule has 26 heavy (non-hydrogen) atoms. The maximum atomic E-state index is 12.2. The number of piperidine rings is 1. The van der Waals surface area contributed by atoms with Crippen molar-refractivity contribution in [2.75, 3.05) is 37.2 Å². The van der Waals surface area contributed by atoms with E-state index in [0.29, 0.717) is 25.1 Å². The van der Waals surface area contributed by atoms with E-state index < -0.39 is 10.0 Å². The molecule has 1 fully saturated rings. The highest BCUT2D eigenvalue weighted by Crippen LogP contribution is 2.22. The molecule has 0 unspecified atom stereocenters. The standard InChI is InChI=1S/C19H31N3O3S/c1-15-12-16(2)14-18(13-15)22(26(4,24)25)9-5-6-19(23)20-17-7-10-21(3)11-8-17/h12-14,17H,5-11H2,1-4H3,(H,20,23). The summed E-state index contributed by atoms with van der Waals surface area (Å²) in [5.41, 5.74) is 2.71. The van der Waals surface area contributed by atoms with Gasteiger partial charge in [0, 0.05) is 19.0 Å². The van der Waals surface area contributed by atoms with Crippen molar-refractivity contribution >= 4 is 21.6 Å². The van der Waals surface area contributed by atoms with Gasteiger partial charge in [0.15, 0.2) is 0 Å². The fourth-order valence-electron chi connectivity index (χ4n) is 3.42. The van der Waals surface area contributed by atoms with E-state index in [0.717, 1.165) is 37.1 Å². The van der Waals surface area contributed by atoms with Crippen LogP contribution in [0, 0.1) is 13.8 Å². The van der Waals surface area contributed by atoms with E-state index in [4.69, 9.17) is 0 Å². The molecule has 1 aromatic rings. The summed E-state index contributed by atoms with van der Waals surface area (Å²) in [6.07, 6.45) is 3.99. The van der Waals surface area contributed by atoms with Crippen molar-refractivity contribution < 1.29 is 13.2 Å². The number of carbonyl (C=O) groups excluding carboxylic acids is 1. The third-order valence-electron chi connectivity index (χ3n) is 4.74. The molecule has 0 aromatic heterocycles. The average Bonchev–Trinajstić information content (AvgIpc) is 2.51. The average molecular weight is 382 g/mol. The lowest BCUT2D eigenvalue weighted by atomic mass is 10.1. The van der Waals surface area contributed by atoms with Crippen molar-refractivity contribution in [3.63, 3.8) is 0 Å².